The molecule has 0 spiro atoms. The third-order valence-electron chi connectivity index (χ3n) is 3.24. The van der Waals surface area contributed by atoms with Gasteiger partial charge in [-0.05, 0) is 24.3 Å². The maximum Gasteiger partial charge on any atom is 0.492 e. The Morgan fingerprint density at radius 3 is 2.35 bits per heavy atom. The lowest BCUT2D eigenvalue weighted by Gasteiger charge is -2.29. The first kappa shape index (κ1) is 18.1. The minimum absolute atomic E-state index is 0.0940. The first-order valence-corrected chi connectivity index (χ1v) is 7.26. The van der Waals surface area contributed by atoms with E-state index in [1.54, 1.807) is 0 Å². The molecule has 11 heteroatoms. The highest BCUT2D eigenvalue weighted by Crippen LogP contribution is 2.46. The summed E-state index contributed by atoms with van der Waals surface area (Å²) in [4.78, 5) is 11.9. The zero-order chi connectivity index (χ0) is 19.1. The molecule has 2 aromatic carbocycles. The third-order valence-corrected chi connectivity index (χ3v) is 3.48. The highest BCUT2D eigenvalue weighted by atomic mass is 35.5. The molecule has 0 aromatic heterocycles. The molecular formula is C15H8ClF5N2O3. The number of ether oxygens (including phenoxy) is 2. The molecular weight excluding hydrogens is 387 g/mol. The normalized spacial score (nSPS) is 18.5. The molecule has 1 atom stereocenters. The second-order valence-corrected chi connectivity index (χ2v) is 5.55. The monoisotopic (exact) mass is 394 g/mol. The van der Waals surface area contributed by atoms with E-state index in [4.69, 9.17) is 21.1 Å². The van der Waals surface area contributed by atoms with Gasteiger partial charge in [0.1, 0.15) is 0 Å². The molecule has 1 heterocycles. The SMILES string of the molecule is O=C(Nc1ccc(F)c(F)c1)N[C@@]1(C(F)(F)F)Oc2ccc(Cl)cc2O1. The molecule has 0 fully saturated rings. The average molecular weight is 395 g/mol. The molecule has 2 aromatic rings. The van der Waals surface area contributed by atoms with Crippen LogP contribution in [0.25, 0.3) is 0 Å². The molecule has 0 radical (unpaired) electrons. The second-order valence-electron chi connectivity index (χ2n) is 5.12. The fourth-order valence-electron chi connectivity index (χ4n) is 2.10. The molecule has 2 N–H and O–H groups in total. The van der Waals surface area contributed by atoms with Crippen molar-refractivity contribution >= 4 is 23.3 Å². The number of alkyl halides is 3. The van der Waals surface area contributed by atoms with Crippen molar-refractivity contribution in [2.45, 2.75) is 12.1 Å². The van der Waals surface area contributed by atoms with E-state index in [9.17, 15) is 26.7 Å². The Labute approximate surface area is 147 Å². The van der Waals surface area contributed by atoms with Gasteiger partial charge in [0.05, 0.1) is 0 Å². The number of benzene rings is 2. The highest BCUT2D eigenvalue weighted by molar-refractivity contribution is 6.30. The van der Waals surface area contributed by atoms with E-state index >= 15 is 0 Å². The molecule has 1 aliphatic heterocycles. The summed E-state index contributed by atoms with van der Waals surface area (Å²) in [5, 5.41) is 3.53. The van der Waals surface area contributed by atoms with E-state index in [0.29, 0.717) is 12.1 Å². The Morgan fingerprint density at radius 2 is 1.69 bits per heavy atom. The Balaban J connectivity index is 1.82. The van der Waals surface area contributed by atoms with Gasteiger partial charge < -0.3 is 14.8 Å². The fraction of sp³-hybridized carbons (Fsp3) is 0.133. The van der Waals surface area contributed by atoms with Crippen molar-refractivity contribution in [1.82, 2.24) is 5.32 Å². The molecule has 0 saturated carbocycles. The number of halogens is 6. The number of hydrogen-bond donors (Lipinski definition) is 2. The van der Waals surface area contributed by atoms with Gasteiger partial charge >= 0.3 is 18.1 Å². The number of rotatable bonds is 2. The lowest BCUT2D eigenvalue weighted by Crippen LogP contribution is -2.65. The molecule has 0 bridgehead atoms. The van der Waals surface area contributed by atoms with Gasteiger partial charge in [-0.25, -0.2) is 13.6 Å². The van der Waals surface area contributed by atoms with E-state index < -0.39 is 29.8 Å². The van der Waals surface area contributed by atoms with Crippen LogP contribution in [0.15, 0.2) is 36.4 Å². The van der Waals surface area contributed by atoms with Gasteiger partial charge in [-0.3, -0.25) is 5.32 Å². The zero-order valence-electron chi connectivity index (χ0n) is 12.5. The molecule has 0 saturated heterocycles. The van der Waals surface area contributed by atoms with Crippen molar-refractivity contribution in [1.29, 1.82) is 0 Å². The number of carbonyl (C=O) groups excluding carboxylic acids is 1. The van der Waals surface area contributed by atoms with Gasteiger partial charge in [-0.15, -0.1) is 0 Å². The van der Waals surface area contributed by atoms with E-state index in [0.717, 1.165) is 18.2 Å². The maximum absolute atomic E-state index is 13.5. The summed E-state index contributed by atoms with van der Waals surface area (Å²) in [6.07, 6.45) is -5.18. The predicted molar refractivity (Wildman–Crippen MR) is 80.0 cm³/mol. The lowest BCUT2D eigenvalue weighted by atomic mass is 10.3. The van der Waals surface area contributed by atoms with Crippen molar-refractivity contribution in [2.75, 3.05) is 5.32 Å². The zero-order valence-corrected chi connectivity index (χ0v) is 13.2. The van der Waals surface area contributed by atoms with E-state index in [-0.39, 0.29) is 22.2 Å². The van der Waals surface area contributed by atoms with Crippen LogP contribution in [0.2, 0.25) is 5.02 Å². The Bertz CT molecular complexity index is 877. The van der Waals surface area contributed by atoms with Crippen LogP contribution in [-0.4, -0.2) is 18.1 Å². The molecule has 2 amide bonds. The lowest BCUT2D eigenvalue weighted by molar-refractivity contribution is -0.317. The van der Waals surface area contributed by atoms with Crippen molar-refractivity contribution in [3.8, 4) is 11.5 Å². The summed E-state index contributed by atoms with van der Waals surface area (Å²) < 4.78 is 75.9. The van der Waals surface area contributed by atoms with Crippen LogP contribution < -0.4 is 20.1 Å². The molecule has 0 aliphatic carbocycles. The fourth-order valence-corrected chi connectivity index (χ4v) is 2.26. The van der Waals surface area contributed by atoms with Gasteiger partial charge in [0.15, 0.2) is 23.1 Å². The van der Waals surface area contributed by atoms with Crippen LogP contribution in [0.3, 0.4) is 0 Å². The smallest absolute Gasteiger partial charge is 0.424 e. The molecule has 3 rings (SSSR count). The van der Waals surface area contributed by atoms with Gasteiger partial charge in [0, 0.05) is 22.8 Å². The van der Waals surface area contributed by atoms with Crippen molar-refractivity contribution in [2.24, 2.45) is 0 Å². The van der Waals surface area contributed by atoms with E-state index in [2.05, 4.69) is 0 Å². The Hall–Kier alpha value is -2.75. The average Bonchev–Trinajstić information content (AvgIpc) is 2.89. The quantitative estimate of drug-likeness (QED) is 0.741. The number of nitrogens with one attached hydrogen (secondary N) is 2. The van der Waals surface area contributed by atoms with Gasteiger partial charge in [0.25, 0.3) is 0 Å². The van der Waals surface area contributed by atoms with Crippen molar-refractivity contribution in [3.05, 3.63) is 53.1 Å². The van der Waals surface area contributed by atoms with Gasteiger partial charge in [0.2, 0.25) is 0 Å². The minimum atomic E-state index is -5.18. The topological polar surface area (TPSA) is 59.6 Å². The predicted octanol–water partition coefficient (Wildman–Crippen LogP) is 4.43. The van der Waals surface area contributed by atoms with Crippen LogP contribution in [0, 0.1) is 11.6 Å². The van der Waals surface area contributed by atoms with E-state index in [1.165, 1.54) is 11.4 Å². The van der Waals surface area contributed by atoms with Crippen molar-refractivity contribution in [3.63, 3.8) is 0 Å². The molecule has 26 heavy (non-hydrogen) atoms. The minimum Gasteiger partial charge on any atom is -0.424 e. The summed E-state index contributed by atoms with van der Waals surface area (Å²) in [5.74, 6) is -6.60. The number of fused-ring (bicyclic) bond motifs is 1. The summed E-state index contributed by atoms with van der Waals surface area (Å²) in [5.41, 5.74) is -0.280. The van der Waals surface area contributed by atoms with Crippen LogP contribution in [0.5, 0.6) is 11.5 Å². The Morgan fingerprint density at radius 1 is 1.00 bits per heavy atom. The Kier molecular flexibility index (Phi) is 4.31. The summed E-state index contributed by atoms with van der Waals surface area (Å²) >= 11 is 5.69. The van der Waals surface area contributed by atoms with Gasteiger partial charge in [-0.1, -0.05) is 11.6 Å². The molecule has 0 unspecified atom stereocenters. The van der Waals surface area contributed by atoms with Crippen LogP contribution >= 0.6 is 11.6 Å². The highest BCUT2D eigenvalue weighted by Gasteiger charge is 2.65. The van der Waals surface area contributed by atoms with Crippen LogP contribution in [0.1, 0.15) is 0 Å². The second kappa shape index (κ2) is 6.20. The third kappa shape index (κ3) is 3.32. The standard InChI is InChI=1S/C15H8ClF5N2O3/c16-7-1-4-11-12(5-7)26-15(25-11,14(19,20)21)23-13(24)22-8-2-3-9(17)10(18)6-8/h1-6H,(H2,22,23,24)/t15-/m0/s1. The number of anilines is 1. The van der Waals surface area contributed by atoms with Crippen LogP contribution in [0.4, 0.5) is 32.4 Å². The van der Waals surface area contributed by atoms with E-state index in [1.807, 2.05) is 5.32 Å². The number of carbonyl (C=O) groups is 1. The summed E-state index contributed by atoms with van der Waals surface area (Å²) in [6, 6.07) is 4.33. The summed E-state index contributed by atoms with van der Waals surface area (Å²) in [6.45, 7) is 0. The first-order valence-electron chi connectivity index (χ1n) is 6.88. The molecule has 1 aliphatic rings. The molecule has 138 valence electrons. The van der Waals surface area contributed by atoms with Crippen LogP contribution in [-0.2, 0) is 0 Å². The summed E-state index contributed by atoms with van der Waals surface area (Å²) in [7, 11) is 0. The number of hydrogen-bond acceptors (Lipinski definition) is 3. The van der Waals surface area contributed by atoms with Crippen molar-refractivity contribution < 1.29 is 36.2 Å². The maximum atomic E-state index is 13.5. The first-order chi connectivity index (χ1) is 12.1. The largest absolute Gasteiger partial charge is 0.492 e. The number of amides is 2. The number of urea groups is 1. The van der Waals surface area contributed by atoms with Gasteiger partial charge in [-0.2, -0.15) is 13.2 Å². The molecule has 5 nitrogen and oxygen atoms in total.